The van der Waals surface area contributed by atoms with E-state index in [-0.39, 0.29) is 17.5 Å². The lowest BCUT2D eigenvalue weighted by Crippen LogP contribution is -2.15. The second-order valence-corrected chi connectivity index (χ2v) is 6.18. The molecule has 2 rings (SSSR count). The second kappa shape index (κ2) is 7.99. The molecule has 1 amide bonds. The number of thioether (sulfide) groups is 1. The van der Waals surface area contributed by atoms with Crippen molar-refractivity contribution in [3.63, 3.8) is 0 Å². The van der Waals surface area contributed by atoms with Crippen LogP contribution in [0.15, 0.2) is 53.4 Å². The molecule has 22 heavy (non-hydrogen) atoms. The van der Waals surface area contributed by atoms with Crippen molar-refractivity contribution in [1.82, 2.24) is 0 Å². The predicted molar refractivity (Wildman–Crippen MR) is 90.9 cm³/mol. The van der Waals surface area contributed by atoms with E-state index < -0.39 is 0 Å². The molecule has 2 nitrogen and oxygen atoms in total. The van der Waals surface area contributed by atoms with Crippen LogP contribution in [-0.2, 0) is 4.79 Å². The molecule has 4 heteroatoms. The van der Waals surface area contributed by atoms with Crippen LogP contribution in [0.1, 0.15) is 31.7 Å². The van der Waals surface area contributed by atoms with Gasteiger partial charge in [0.15, 0.2) is 0 Å². The summed E-state index contributed by atoms with van der Waals surface area (Å²) in [5.41, 5.74) is 1.98. The van der Waals surface area contributed by atoms with Crippen molar-refractivity contribution in [1.29, 1.82) is 0 Å². The first-order chi connectivity index (χ1) is 10.6. The Morgan fingerprint density at radius 1 is 1.18 bits per heavy atom. The number of nitrogens with one attached hydrogen (secondary N) is 1. The van der Waals surface area contributed by atoms with Crippen molar-refractivity contribution in [3.05, 3.63) is 59.9 Å². The summed E-state index contributed by atoms with van der Waals surface area (Å²) in [6, 6.07) is 14.3. The average molecular weight is 317 g/mol. The van der Waals surface area contributed by atoms with Gasteiger partial charge in [0.05, 0.1) is 5.75 Å². The Morgan fingerprint density at radius 3 is 2.59 bits per heavy atom. The van der Waals surface area contributed by atoms with Crippen LogP contribution in [0.25, 0.3) is 0 Å². The topological polar surface area (TPSA) is 29.1 Å². The largest absolute Gasteiger partial charge is 0.325 e. The monoisotopic (exact) mass is 317 g/mol. The van der Waals surface area contributed by atoms with Crippen molar-refractivity contribution in [2.24, 2.45) is 0 Å². The molecular weight excluding hydrogens is 297 g/mol. The highest BCUT2D eigenvalue weighted by Crippen LogP contribution is 2.27. The molecule has 0 aromatic heterocycles. The molecule has 0 saturated carbocycles. The molecule has 1 atom stereocenters. The molecule has 0 saturated heterocycles. The fourth-order valence-corrected chi connectivity index (χ4v) is 2.89. The number of hydrogen-bond acceptors (Lipinski definition) is 2. The zero-order valence-electron chi connectivity index (χ0n) is 12.8. The quantitative estimate of drug-likeness (QED) is 0.754. The Hall–Kier alpha value is -1.81. The molecule has 116 valence electrons. The normalized spacial score (nSPS) is 12.0. The van der Waals surface area contributed by atoms with E-state index in [1.54, 1.807) is 18.2 Å². The van der Waals surface area contributed by atoms with Crippen LogP contribution in [0, 0.1) is 5.82 Å². The minimum Gasteiger partial charge on any atom is -0.325 e. The van der Waals surface area contributed by atoms with Crippen LogP contribution < -0.4 is 5.32 Å². The molecule has 0 bridgehead atoms. The molecule has 0 heterocycles. The number of halogens is 1. The smallest absolute Gasteiger partial charge is 0.234 e. The zero-order valence-corrected chi connectivity index (χ0v) is 13.6. The number of carbonyl (C=O) groups excluding carboxylic acids is 1. The van der Waals surface area contributed by atoms with Crippen molar-refractivity contribution in [2.45, 2.75) is 31.1 Å². The summed E-state index contributed by atoms with van der Waals surface area (Å²) in [6.45, 7) is 4.26. The van der Waals surface area contributed by atoms with E-state index in [4.69, 9.17) is 0 Å². The Kier molecular flexibility index (Phi) is 6.01. The van der Waals surface area contributed by atoms with Crippen LogP contribution >= 0.6 is 11.8 Å². The number of rotatable bonds is 6. The molecule has 0 aliphatic carbocycles. The van der Waals surface area contributed by atoms with Crippen molar-refractivity contribution in [3.8, 4) is 0 Å². The van der Waals surface area contributed by atoms with Crippen molar-refractivity contribution < 1.29 is 9.18 Å². The van der Waals surface area contributed by atoms with Gasteiger partial charge in [-0.1, -0.05) is 44.2 Å². The Balaban J connectivity index is 1.99. The number of para-hydroxylation sites is 1. The van der Waals surface area contributed by atoms with Gasteiger partial charge in [-0.25, -0.2) is 4.39 Å². The number of carbonyl (C=O) groups is 1. The van der Waals surface area contributed by atoms with E-state index in [9.17, 15) is 9.18 Å². The summed E-state index contributed by atoms with van der Waals surface area (Å²) in [4.78, 5) is 12.6. The highest BCUT2D eigenvalue weighted by Gasteiger charge is 2.12. The maximum absolute atomic E-state index is 13.5. The minimum absolute atomic E-state index is 0.121. The Labute approximate surface area is 135 Å². The van der Waals surface area contributed by atoms with Crippen molar-refractivity contribution >= 4 is 23.4 Å². The van der Waals surface area contributed by atoms with Crippen LogP contribution in [0.2, 0.25) is 0 Å². The molecule has 0 radical (unpaired) electrons. The average Bonchev–Trinajstić information content (AvgIpc) is 2.54. The first-order valence-electron chi connectivity index (χ1n) is 7.38. The summed E-state index contributed by atoms with van der Waals surface area (Å²) in [5.74, 6) is 0.163. The van der Waals surface area contributed by atoms with Gasteiger partial charge < -0.3 is 5.32 Å². The Morgan fingerprint density at radius 2 is 1.86 bits per heavy atom. The molecule has 0 unspecified atom stereocenters. The first kappa shape index (κ1) is 16.6. The molecule has 2 aromatic rings. The molecular formula is C18H20FNOS. The summed E-state index contributed by atoms with van der Waals surface area (Å²) >= 11 is 1.21. The van der Waals surface area contributed by atoms with Crippen LogP contribution in [0.3, 0.4) is 0 Å². The van der Waals surface area contributed by atoms with Gasteiger partial charge >= 0.3 is 0 Å². The second-order valence-electron chi connectivity index (χ2n) is 5.16. The summed E-state index contributed by atoms with van der Waals surface area (Å²) in [7, 11) is 0. The first-order valence-corrected chi connectivity index (χ1v) is 8.36. The standard InChI is InChI=1S/C18H20FNOS/c1-3-13(2)14-8-4-6-10-16(14)20-18(21)12-22-17-11-7-5-9-15(17)19/h4-11,13H,3,12H2,1-2H3,(H,20,21)/t13-/m1/s1. The Bertz CT molecular complexity index is 644. The highest BCUT2D eigenvalue weighted by atomic mass is 32.2. The lowest BCUT2D eigenvalue weighted by molar-refractivity contribution is -0.113. The van der Waals surface area contributed by atoms with Gasteiger partial charge in [0.1, 0.15) is 5.82 Å². The molecule has 0 aliphatic heterocycles. The molecule has 0 fully saturated rings. The number of anilines is 1. The number of amides is 1. The van der Waals surface area contributed by atoms with Gasteiger partial charge in [-0.3, -0.25) is 4.79 Å². The van der Waals surface area contributed by atoms with Gasteiger partial charge in [0, 0.05) is 10.6 Å². The van der Waals surface area contributed by atoms with Gasteiger partial charge in [-0.15, -0.1) is 11.8 Å². The predicted octanol–water partition coefficient (Wildman–Crippen LogP) is 5.07. The zero-order chi connectivity index (χ0) is 15.9. The van der Waals surface area contributed by atoms with Crippen LogP contribution in [0.5, 0.6) is 0 Å². The van der Waals surface area contributed by atoms with Gasteiger partial charge in [0.2, 0.25) is 5.91 Å². The van der Waals surface area contributed by atoms with E-state index in [0.29, 0.717) is 10.8 Å². The van der Waals surface area contributed by atoms with Gasteiger partial charge in [0.25, 0.3) is 0 Å². The highest BCUT2D eigenvalue weighted by molar-refractivity contribution is 8.00. The van der Waals surface area contributed by atoms with Gasteiger partial charge in [-0.05, 0) is 36.1 Å². The van der Waals surface area contributed by atoms with E-state index in [2.05, 4.69) is 19.2 Å². The minimum atomic E-state index is -0.291. The van der Waals surface area contributed by atoms with Gasteiger partial charge in [-0.2, -0.15) is 0 Å². The summed E-state index contributed by atoms with van der Waals surface area (Å²) in [5, 5.41) is 2.93. The van der Waals surface area contributed by atoms with E-state index >= 15 is 0 Å². The lowest BCUT2D eigenvalue weighted by Gasteiger charge is -2.15. The number of benzene rings is 2. The van der Waals surface area contributed by atoms with Crippen LogP contribution in [0.4, 0.5) is 10.1 Å². The van der Waals surface area contributed by atoms with E-state index in [1.807, 2.05) is 24.3 Å². The summed E-state index contributed by atoms with van der Waals surface area (Å²) in [6.07, 6.45) is 1.01. The van der Waals surface area contributed by atoms with E-state index in [1.165, 1.54) is 17.8 Å². The molecule has 0 aliphatic rings. The lowest BCUT2D eigenvalue weighted by atomic mass is 9.97. The van der Waals surface area contributed by atoms with Crippen LogP contribution in [-0.4, -0.2) is 11.7 Å². The third-order valence-corrected chi connectivity index (χ3v) is 4.62. The molecule has 2 aromatic carbocycles. The fraction of sp³-hybridized carbons (Fsp3) is 0.278. The molecule has 0 spiro atoms. The van der Waals surface area contributed by atoms with E-state index in [0.717, 1.165) is 17.7 Å². The third kappa shape index (κ3) is 4.34. The van der Waals surface area contributed by atoms with Crippen molar-refractivity contribution in [2.75, 3.05) is 11.1 Å². The SMILES string of the molecule is CC[C@@H](C)c1ccccc1NC(=O)CSc1ccccc1F. The fourth-order valence-electron chi connectivity index (χ4n) is 2.15. The molecule has 1 N–H and O–H groups in total. The summed E-state index contributed by atoms with van der Waals surface area (Å²) < 4.78 is 13.5. The number of hydrogen-bond donors (Lipinski definition) is 1. The maximum Gasteiger partial charge on any atom is 0.234 e. The maximum atomic E-state index is 13.5. The third-order valence-electron chi connectivity index (χ3n) is 3.57.